The number of hydrogen-bond acceptors (Lipinski definition) is 4. The number of nitrogens with zero attached hydrogens (tertiary/aromatic N) is 1. The lowest BCUT2D eigenvalue weighted by molar-refractivity contribution is -0.387. The molecule has 17 heavy (non-hydrogen) atoms. The van der Waals surface area contributed by atoms with Gasteiger partial charge in [0.1, 0.15) is 5.75 Å². The second kappa shape index (κ2) is 6.80. The Hall–Kier alpha value is -1.69. The van der Waals surface area contributed by atoms with Crippen LogP contribution in [0.5, 0.6) is 5.75 Å². The van der Waals surface area contributed by atoms with Crippen LogP contribution >= 0.6 is 0 Å². The maximum atomic E-state index is 13.2. The number of nitro benzene ring substituents is 1. The fourth-order valence-electron chi connectivity index (χ4n) is 1.31. The Bertz CT molecular complexity index is 384. The summed E-state index contributed by atoms with van der Waals surface area (Å²) in [5, 5.41) is 18.9. The number of aliphatic hydroxyl groups excluding tert-OH is 1. The molecule has 0 atom stereocenters. The highest BCUT2D eigenvalue weighted by molar-refractivity contribution is 5.37. The van der Waals surface area contributed by atoms with Crippen LogP contribution in [0.25, 0.3) is 0 Å². The first-order chi connectivity index (χ1) is 8.15. The molecule has 0 aliphatic carbocycles. The third-order valence-corrected chi connectivity index (χ3v) is 2.19. The molecule has 0 heterocycles. The van der Waals surface area contributed by atoms with Gasteiger partial charge in [0.05, 0.1) is 11.5 Å². The van der Waals surface area contributed by atoms with Gasteiger partial charge in [0.2, 0.25) is 5.82 Å². The van der Waals surface area contributed by atoms with Gasteiger partial charge in [-0.2, -0.15) is 4.39 Å². The molecule has 0 amide bonds. The molecular weight excluding hydrogens is 229 g/mol. The minimum Gasteiger partial charge on any atom is -0.493 e. The van der Waals surface area contributed by atoms with Gasteiger partial charge in [-0.25, -0.2) is 0 Å². The molecule has 0 fully saturated rings. The second-order valence-corrected chi connectivity index (χ2v) is 3.50. The predicted octanol–water partition coefficient (Wildman–Crippen LogP) is 2.28. The first kappa shape index (κ1) is 13.4. The van der Waals surface area contributed by atoms with E-state index >= 15 is 0 Å². The molecule has 0 saturated heterocycles. The van der Waals surface area contributed by atoms with Gasteiger partial charge >= 0.3 is 5.69 Å². The van der Waals surface area contributed by atoms with E-state index in [0.717, 1.165) is 25.0 Å². The summed E-state index contributed by atoms with van der Waals surface area (Å²) in [5.74, 6) is -0.625. The highest BCUT2D eigenvalue weighted by Gasteiger charge is 2.13. The van der Waals surface area contributed by atoms with E-state index < -0.39 is 16.4 Å². The molecule has 1 aromatic rings. The number of nitro groups is 1. The quantitative estimate of drug-likeness (QED) is 0.453. The zero-order valence-electron chi connectivity index (χ0n) is 9.26. The number of unbranched alkanes of at least 4 members (excludes halogenated alkanes) is 2. The summed E-state index contributed by atoms with van der Waals surface area (Å²) in [7, 11) is 0. The van der Waals surface area contributed by atoms with Crippen LogP contribution in [0.1, 0.15) is 19.3 Å². The molecule has 1 rings (SSSR count). The molecule has 0 aromatic heterocycles. The van der Waals surface area contributed by atoms with E-state index in [1.807, 2.05) is 0 Å². The van der Waals surface area contributed by atoms with E-state index in [4.69, 9.17) is 9.84 Å². The van der Waals surface area contributed by atoms with Crippen LogP contribution in [0.15, 0.2) is 18.2 Å². The van der Waals surface area contributed by atoms with Crippen molar-refractivity contribution in [1.82, 2.24) is 0 Å². The topological polar surface area (TPSA) is 72.6 Å². The van der Waals surface area contributed by atoms with Crippen LogP contribution in [0.4, 0.5) is 10.1 Å². The van der Waals surface area contributed by atoms with Gasteiger partial charge < -0.3 is 9.84 Å². The second-order valence-electron chi connectivity index (χ2n) is 3.50. The summed E-state index contributed by atoms with van der Waals surface area (Å²) in [6.07, 6.45) is 2.28. The van der Waals surface area contributed by atoms with Crippen molar-refractivity contribution in [3.05, 3.63) is 34.1 Å². The fraction of sp³-hybridized carbons (Fsp3) is 0.455. The van der Waals surface area contributed by atoms with Crippen LogP contribution in [0.2, 0.25) is 0 Å². The summed E-state index contributed by atoms with van der Waals surface area (Å²) in [6.45, 7) is 0.545. The molecule has 1 aromatic carbocycles. The van der Waals surface area contributed by atoms with Crippen LogP contribution in [0, 0.1) is 15.9 Å². The monoisotopic (exact) mass is 243 g/mol. The highest BCUT2D eigenvalue weighted by Crippen LogP contribution is 2.22. The van der Waals surface area contributed by atoms with Crippen molar-refractivity contribution in [2.45, 2.75) is 19.3 Å². The van der Waals surface area contributed by atoms with Gasteiger partial charge in [-0.05, 0) is 25.3 Å². The van der Waals surface area contributed by atoms with Gasteiger partial charge in [0.15, 0.2) is 0 Å². The van der Waals surface area contributed by atoms with Crippen molar-refractivity contribution < 1.29 is 19.2 Å². The Morgan fingerprint density at radius 1 is 1.35 bits per heavy atom. The lowest BCUT2D eigenvalue weighted by Gasteiger charge is -2.05. The number of halogens is 1. The Balaban J connectivity index is 2.45. The normalized spacial score (nSPS) is 10.2. The van der Waals surface area contributed by atoms with E-state index in [1.54, 1.807) is 0 Å². The molecule has 0 spiro atoms. The van der Waals surface area contributed by atoms with Crippen molar-refractivity contribution in [1.29, 1.82) is 0 Å². The zero-order valence-corrected chi connectivity index (χ0v) is 9.26. The van der Waals surface area contributed by atoms with Crippen LogP contribution in [-0.2, 0) is 0 Å². The molecule has 0 aliphatic rings. The van der Waals surface area contributed by atoms with E-state index in [9.17, 15) is 14.5 Å². The minimum atomic E-state index is -0.900. The van der Waals surface area contributed by atoms with Crippen molar-refractivity contribution in [2.24, 2.45) is 0 Å². The SMILES string of the molecule is O=[N+]([O-])c1ccc(OCCCCCO)cc1F. The first-order valence-corrected chi connectivity index (χ1v) is 5.32. The molecule has 0 bridgehead atoms. The van der Waals surface area contributed by atoms with Crippen LogP contribution < -0.4 is 4.74 Å². The van der Waals surface area contributed by atoms with Crippen molar-refractivity contribution in [2.75, 3.05) is 13.2 Å². The number of hydrogen-bond donors (Lipinski definition) is 1. The van der Waals surface area contributed by atoms with E-state index in [2.05, 4.69) is 0 Å². The summed E-state index contributed by atoms with van der Waals surface area (Å²) < 4.78 is 18.4. The van der Waals surface area contributed by atoms with Crippen molar-refractivity contribution >= 4 is 5.69 Å². The predicted molar refractivity (Wildman–Crippen MR) is 59.5 cm³/mol. The average molecular weight is 243 g/mol. The molecule has 1 N–H and O–H groups in total. The Labute approximate surface area is 98.0 Å². The zero-order chi connectivity index (χ0) is 12.7. The van der Waals surface area contributed by atoms with Crippen LogP contribution in [-0.4, -0.2) is 23.2 Å². The van der Waals surface area contributed by atoms with E-state index in [-0.39, 0.29) is 12.4 Å². The molecule has 0 radical (unpaired) electrons. The number of benzene rings is 1. The molecule has 0 aliphatic heterocycles. The molecule has 5 nitrogen and oxygen atoms in total. The molecular formula is C11H14FNO4. The maximum Gasteiger partial charge on any atom is 0.305 e. The standard InChI is InChI=1S/C11H14FNO4/c12-10-8-9(4-5-11(10)13(15)16)17-7-3-1-2-6-14/h4-5,8,14H,1-3,6-7H2. The fourth-order valence-corrected chi connectivity index (χ4v) is 1.31. The lowest BCUT2D eigenvalue weighted by atomic mass is 10.2. The van der Waals surface area contributed by atoms with Gasteiger partial charge in [-0.3, -0.25) is 10.1 Å². The molecule has 94 valence electrons. The Morgan fingerprint density at radius 2 is 2.12 bits per heavy atom. The van der Waals surface area contributed by atoms with Crippen molar-refractivity contribution in [3.8, 4) is 5.75 Å². The molecule has 6 heteroatoms. The largest absolute Gasteiger partial charge is 0.493 e. The third-order valence-electron chi connectivity index (χ3n) is 2.19. The minimum absolute atomic E-state index is 0.145. The van der Waals surface area contributed by atoms with Gasteiger partial charge in [0.25, 0.3) is 0 Å². The third kappa shape index (κ3) is 4.36. The number of aliphatic hydroxyl groups is 1. The summed E-state index contributed by atoms with van der Waals surface area (Å²) in [5.41, 5.74) is -0.558. The summed E-state index contributed by atoms with van der Waals surface area (Å²) in [6, 6.07) is 3.45. The Morgan fingerprint density at radius 3 is 2.71 bits per heavy atom. The molecule has 0 unspecified atom stereocenters. The highest BCUT2D eigenvalue weighted by atomic mass is 19.1. The van der Waals surface area contributed by atoms with E-state index in [1.165, 1.54) is 6.07 Å². The number of rotatable bonds is 7. The first-order valence-electron chi connectivity index (χ1n) is 5.32. The summed E-state index contributed by atoms with van der Waals surface area (Å²) >= 11 is 0. The smallest absolute Gasteiger partial charge is 0.305 e. The number of ether oxygens (including phenoxy) is 1. The average Bonchev–Trinajstić information content (AvgIpc) is 2.28. The van der Waals surface area contributed by atoms with Gasteiger partial charge in [-0.1, -0.05) is 0 Å². The summed E-state index contributed by atoms with van der Waals surface area (Å²) in [4.78, 5) is 9.59. The maximum absolute atomic E-state index is 13.2. The Kier molecular flexibility index (Phi) is 5.35. The van der Waals surface area contributed by atoms with Gasteiger partial charge in [-0.15, -0.1) is 0 Å². The van der Waals surface area contributed by atoms with Crippen LogP contribution in [0.3, 0.4) is 0 Å². The van der Waals surface area contributed by atoms with Gasteiger partial charge in [0, 0.05) is 18.7 Å². The van der Waals surface area contributed by atoms with Crippen molar-refractivity contribution in [3.63, 3.8) is 0 Å². The van der Waals surface area contributed by atoms with E-state index in [0.29, 0.717) is 13.0 Å². The molecule has 0 saturated carbocycles. The lowest BCUT2D eigenvalue weighted by Crippen LogP contribution is -1.99.